The first-order chi connectivity index (χ1) is 5.22. The van der Waals surface area contributed by atoms with E-state index in [-0.39, 0.29) is 5.43 Å². The first kappa shape index (κ1) is 9.95. The molecule has 2 heteroatoms. The van der Waals surface area contributed by atoms with Crippen LogP contribution in [-0.4, -0.2) is 4.98 Å². The molecule has 1 N–H and O–H groups in total. The van der Waals surface area contributed by atoms with Crippen LogP contribution in [0.15, 0.2) is 17.2 Å². The van der Waals surface area contributed by atoms with E-state index in [2.05, 4.69) is 4.98 Å². The highest BCUT2D eigenvalue weighted by atomic mass is 16.1. The second-order valence-electron chi connectivity index (χ2n) is 2.15. The lowest BCUT2D eigenvalue weighted by molar-refractivity contribution is 1.18. The average molecular weight is 153 g/mol. The number of aromatic nitrogens is 1. The topological polar surface area (TPSA) is 32.9 Å². The van der Waals surface area contributed by atoms with E-state index in [0.29, 0.717) is 0 Å². The minimum absolute atomic E-state index is 0.133. The summed E-state index contributed by atoms with van der Waals surface area (Å²) in [5.41, 5.74) is 1.68. The number of H-pyrrole nitrogens is 1. The Kier molecular flexibility index (Phi) is 4.27. The molecule has 0 amide bonds. The number of aryl methyl sites for hydroxylation is 2. The zero-order chi connectivity index (χ0) is 8.85. The molecule has 1 rings (SSSR count). The molecule has 0 saturated carbocycles. The molecule has 0 spiro atoms. The summed E-state index contributed by atoms with van der Waals surface area (Å²) in [5.74, 6) is 0. The molecule has 62 valence electrons. The molecule has 0 saturated heterocycles. The molecule has 11 heavy (non-hydrogen) atoms. The lowest BCUT2D eigenvalue weighted by Crippen LogP contribution is -2.07. The first-order valence-corrected chi connectivity index (χ1v) is 3.86. The minimum Gasteiger partial charge on any atom is -0.367 e. The maximum atomic E-state index is 10.9. The number of pyridine rings is 1. The van der Waals surface area contributed by atoms with Gasteiger partial charge in [0.2, 0.25) is 0 Å². The fourth-order valence-electron chi connectivity index (χ4n) is 0.734. The second-order valence-corrected chi connectivity index (χ2v) is 2.15. The molecule has 0 bridgehead atoms. The predicted molar refractivity (Wildman–Crippen MR) is 47.9 cm³/mol. The van der Waals surface area contributed by atoms with Gasteiger partial charge in [0.1, 0.15) is 0 Å². The highest BCUT2D eigenvalue weighted by Gasteiger charge is 1.92. The quantitative estimate of drug-likeness (QED) is 0.607. The van der Waals surface area contributed by atoms with Crippen molar-refractivity contribution < 1.29 is 0 Å². The van der Waals surface area contributed by atoms with Crippen LogP contribution in [-0.2, 0) is 0 Å². The summed E-state index contributed by atoms with van der Waals surface area (Å²) in [6.07, 6.45) is 3.41. The summed E-state index contributed by atoms with van der Waals surface area (Å²) >= 11 is 0. The molecule has 0 unspecified atom stereocenters. The molecule has 0 fully saturated rings. The van der Waals surface area contributed by atoms with Crippen LogP contribution in [0, 0.1) is 13.8 Å². The number of nitrogens with one attached hydrogen (secondary N) is 1. The van der Waals surface area contributed by atoms with Crippen LogP contribution in [0.4, 0.5) is 0 Å². The van der Waals surface area contributed by atoms with Crippen LogP contribution in [0.25, 0.3) is 0 Å². The Morgan fingerprint density at radius 3 is 1.73 bits per heavy atom. The first-order valence-electron chi connectivity index (χ1n) is 3.86. The zero-order valence-corrected chi connectivity index (χ0v) is 7.56. The third-order valence-electron chi connectivity index (χ3n) is 1.32. The van der Waals surface area contributed by atoms with Gasteiger partial charge in [-0.05, 0) is 13.8 Å². The maximum Gasteiger partial charge on any atom is 0.187 e. The van der Waals surface area contributed by atoms with E-state index in [1.54, 1.807) is 26.2 Å². The van der Waals surface area contributed by atoms with Crippen molar-refractivity contribution in [2.24, 2.45) is 0 Å². The van der Waals surface area contributed by atoms with Gasteiger partial charge in [0.25, 0.3) is 0 Å². The molecular formula is C9H15NO. The van der Waals surface area contributed by atoms with E-state index < -0.39 is 0 Å². The molecule has 0 atom stereocenters. The number of hydrogen-bond acceptors (Lipinski definition) is 1. The standard InChI is InChI=1S/C7H9NO.C2H6/c1-5-3-8-4-6(2)7(5)9;1-2/h3-4H,1-2H3,(H,8,9);1-2H3. The van der Waals surface area contributed by atoms with Gasteiger partial charge in [0.15, 0.2) is 5.43 Å². The molecule has 1 aromatic heterocycles. The lowest BCUT2D eigenvalue weighted by atomic mass is 10.2. The van der Waals surface area contributed by atoms with Crippen molar-refractivity contribution >= 4 is 0 Å². The number of rotatable bonds is 0. The van der Waals surface area contributed by atoms with E-state index in [4.69, 9.17) is 0 Å². The smallest absolute Gasteiger partial charge is 0.187 e. The van der Waals surface area contributed by atoms with Crippen LogP contribution < -0.4 is 5.43 Å². The van der Waals surface area contributed by atoms with Crippen LogP contribution in [0.1, 0.15) is 25.0 Å². The van der Waals surface area contributed by atoms with Gasteiger partial charge in [-0.3, -0.25) is 4.79 Å². The van der Waals surface area contributed by atoms with Crippen molar-refractivity contribution in [1.29, 1.82) is 0 Å². The molecule has 0 aliphatic rings. The number of hydrogen-bond donors (Lipinski definition) is 1. The summed E-state index contributed by atoms with van der Waals surface area (Å²) < 4.78 is 0. The summed E-state index contributed by atoms with van der Waals surface area (Å²) in [5, 5.41) is 0. The van der Waals surface area contributed by atoms with Crippen molar-refractivity contribution in [2.45, 2.75) is 27.7 Å². The summed E-state index contributed by atoms with van der Waals surface area (Å²) in [6, 6.07) is 0. The molecule has 0 aromatic carbocycles. The fraction of sp³-hybridized carbons (Fsp3) is 0.444. The van der Waals surface area contributed by atoms with Gasteiger partial charge in [-0.15, -0.1) is 0 Å². The van der Waals surface area contributed by atoms with Crippen LogP contribution in [0.5, 0.6) is 0 Å². The molecule has 0 aliphatic heterocycles. The van der Waals surface area contributed by atoms with E-state index in [0.717, 1.165) is 11.1 Å². The molecule has 1 aromatic rings. The van der Waals surface area contributed by atoms with E-state index >= 15 is 0 Å². The van der Waals surface area contributed by atoms with Gasteiger partial charge >= 0.3 is 0 Å². The summed E-state index contributed by atoms with van der Waals surface area (Å²) in [4.78, 5) is 13.8. The van der Waals surface area contributed by atoms with Gasteiger partial charge in [-0.25, -0.2) is 0 Å². The SMILES string of the molecule is CC.Cc1c[nH]cc(C)c1=O. The molecule has 0 radical (unpaired) electrons. The Balaban J connectivity index is 0.000000461. The Labute approximate surface area is 67.3 Å². The van der Waals surface area contributed by atoms with Crippen molar-refractivity contribution in [3.8, 4) is 0 Å². The Bertz CT molecular complexity index is 239. The monoisotopic (exact) mass is 153 g/mol. The third kappa shape index (κ3) is 2.58. The molecule has 2 nitrogen and oxygen atoms in total. The van der Waals surface area contributed by atoms with Crippen LogP contribution >= 0.6 is 0 Å². The van der Waals surface area contributed by atoms with Crippen LogP contribution in [0.2, 0.25) is 0 Å². The molecule has 1 heterocycles. The normalized spacial score (nSPS) is 8.36. The van der Waals surface area contributed by atoms with Crippen LogP contribution in [0.3, 0.4) is 0 Å². The minimum atomic E-state index is 0.133. The van der Waals surface area contributed by atoms with E-state index in [1.165, 1.54) is 0 Å². The predicted octanol–water partition coefficient (Wildman–Crippen LogP) is 2.02. The van der Waals surface area contributed by atoms with Crippen molar-refractivity contribution in [3.63, 3.8) is 0 Å². The third-order valence-corrected chi connectivity index (χ3v) is 1.32. The van der Waals surface area contributed by atoms with Crippen molar-refractivity contribution in [3.05, 3.63) is 33.7 Å². The van der Waals surface area contributed by atoms with E-state index in [1.807, 2.05) is 13.8 Å². The van der Waals surface area contributed by atoms with Gasteiger partial charge in [-0.2, -0.15) is 0 Å². The maximum absolute atomic E-state index is 10.9. The Morgan fingerprint density at radius 2 is 1.45 bits per heavy atom. The van der Waals surface area contributed by atoms with Crippen molar-refractivity contribution in [2.75, 3.05) is 0 Å². The average Bonchev–Trinajstić information content (AvgIpc) is 2.04. The Hall–Kier alpha value is -1.05. The highest BCUT2D eigenvalue weighted by molar-refractivity contribution is 5.14. The van der Waals surface area contributed by atoms with Gasteiger partial charge < -0.3 is 4.98 Å². The summed E-state index contributed by atoms with van der Waals surface area (Å²) in [7, 11) is 0. The van der Waals surface area contributed by atoms with E-state index in [9.17, 15) is 4.79 Å². The van der Waals surface area contributed by atoms with Gasteiger partial charge in [0.05, 0.1) is 0 Å². The largest absolute Gasteiger partial charge is 0.367 e. The fourth-order valence-corrected chi connectivity index (χ4v) is 0.734. The number of aromatic amines is 1. The highest BCUT2D eigenvalue weighted by Crippen LogP contribution is 1.87. The second kappa shape index (κ2) is 4.72. The lowest BCUT2D eigenvalue weighted by Gasteiger charge is -1.90. The summed E-state index contributed by atoms with van der Waals surface area (Å²) in [6.45, 7) is 7.59. The van der Waals surface area contributed by atoms with Gasteiger partial charge in [0, 0.05) is 23.5 Å². The Morgan fingerprint density at radius 1 is 1.09 bits per heavy atom. The molecular weight excluding hydrogens is 138 g/mol. The molecule has 0 aliphatic carbocycles. The zero-order valence-electron chi connectivity index (χ0n) is 7.56. The van der Waals surface area contributed by atoms with Gasteiger partial charge in [-0.1, -0.05) is 13.8 Å². The van der Waals surface area contributed by atoms with Crippen molar-refractivity contribution in [1.82, 2.24) is 4.98 Å².